The molecule has 0 bridgehead atoms. The average molecular weight is 367 g/mol. The molecule has 1 amide bonds. The molecule has 0 aliphatic carbocycles. The normalized spacial score (nSPS) is 16.9. The standard InChI is InChI=1S/C19H30N2O3S/c1-5-6-7-18(22)20-12-14-21(15-13-20)25(23,24)17-10-8-16(9-11-17)19(2,3)4/h8-11H,5-7,12-15H2,1-4H3. The Labute approximate surface area is 152 Å². The van der Waals surface area contributed by atoms with Crippen LogP contribution >= 0.6 is 0 Å². The predicted molar refractivity (Wildman–Crippen MR) is 100 cm³/mol. The lowest BCUT2D eigenvalue weighted by atomic mass is 9.87. The Morgan fingerprint density at radius 2 is 1.60 bits per heavy atom. The van der Waals surface area contributed by atoms with Crippen molar-refractivity contribution in [3.8, 4) is 0 Å². The molecule has 0 spiro atoms. The van der Waals surface area contributed by atoms with Crippen LogP contribution in [0.1, 0.15) is 52.5 Å². The topological polar surface area (TPSA) is 57.7 Å². The summed E-state index contributed by atoms with van der Waals surface area (Å²) in [5, 5.41) is 0. The summed E-state index contributed by atoms with van der Waals surface area (Å²) in [7, 11) is -3.49. The van der Waals surface area contributed by atoms with Gasteiger partial charge in [-0.2, -0.15) is 4.31 Å². The average Bonchev–Trinajstić information content (AvgIpc) is 2.59. The summed E-state index contributed by atoms with van der Waals surface area (Å²) < 4.78 is 27.1. The molecule has 0 N–H and O–H groups in total. The highest BCUT2D eigenvalue weighted by molar-refractivity contribution is 7.89. The van der Waals surface area contributed by atoms with Gasteiger partial charge in [0, 0.05) is 32.6 Å². The summed E-state index contributed by atoms with van der Waals surface area (Å²) in [4.78, 5) is 14.2. The van der Waals surface area contributed by atoms with Crippen LogP contribution < -0.4 is 0 Å². The van der Waals surface area contributed by atoms with E-state index in [1.807, 2.05) is 12.1 Å². The number of carbonyl (C=O) groups is 1. The van der Waals surface area contributed by atoms with E-state index >= 15 is 0 Å². The van der Waals surface area contributed by atoms with E-state index in [1.54, 1.807) is 17.0 Å². The number of amides is 1. The number of sulfonamides is 1. The minimum atomic E-state index is -3.49. The molecule has 0 aromatic heterocycles. The number of rotatable bonds is 5. The van der Waals surface area contributed by atoms with Crippen molar-refractivity contribution >= 4 is 15.9 Å². The van der Waals surface area contributed by atoms with Crippen molar-refractivity contribution in [3.05, 3.63) is 29.8 Å². The molecular weight excluding hydrogens is 336 g/mol. The van der Waals surface area contributed by atoms with Gasteiger partial charge < -0.3 is 4.90 Å². The minimum Gasteiger partial charge on any atom is -0.340 e. The third kappa shape index (κ3) is 4.82. The van der Waals surface area contributed by atoms with Crippen LogP contribution in [0.5, 0.6) is 0 Å². The predicted octanol–water partition coefficient (Wildman–Crippen LogP) is 3.01. The first kappa shape index (κ1) is 19.9. The number of hydrogen-bond donors (Lipinski definition) is 0. The van der Waals surface area contributed by atoms with Crippen LogP contribution in [-0.4, -0.2) is 49.7 Å². The number of carbonyl (C=O) groups excluding carboxylic acids is 1. The van der Waals surface area contributed by atoms with E-state index in [0.29, 0.717) is 37.5 Å². The molecule has 0 radical (unpaired) electrons. The maximum atomic E-state index is 12.8. The van der Waals surface area contributed by atoms with Gasteiger partial charge in [0.1, 0.15) is 0 Å². The lowest BCUT2D eigenvalue weighted by Gasteiger charge is -2.34. The van der Waals surface area contributed by atoms with E-state index in [9.17, 15) is 13.2 Å². The van der Waals surface area contributed by atoms with E-state index < -0.39 is 10.0 Å². The van der Waals surface area contributed by atoms with Gasteiger partial charge in [0.2, 0.25) is 15.9 Å². The molecule has 6 heteroatoms. The maximum absolute atomic E-state index is 12.8. The minimum absolute atomic E-state index is 0.00717. The summed E-state index contributed by atoms with van der Waals surface area (Å²) in [6.45, 7) is 10.0. The monoisotopic (exact) mass is 366 g/mol. The van der Waals surface area contributed by atoms with Crippen LogP contribution in [0, 0.1) is 0 Å². The second-order valence-electron chi connectivity index (χ2n) is 7.66. The summed E-state index contributed by atoms with van der Waals surface area (Å²) in [5.74, 6) is 0.133. The highest BCUT2D eigenvalue weighted by Gasteiger charge is 2.30. The molecule has 1 aliphatic rings. The summed E-state index contributed by atoms with van der Waals surface area (Å²) in [5.41, 5.74) is 1.10. The van der Waals surface area contributed by atoms with Gasteiger partial charge in [0.15, 0.2) is 0 Å². The number of benzene rings is 1. The van der Waals surface area contributed by atoms with Gasteiger partial charge in [-0.3, -0.25) is 4.79 Å². The Morgan fingerprint density at radius 3 is 2.08 bits per heavy atom. The zero-order chi connectivity index (χ0) is 18.7. The molecule has 1 heterocycles. The van der Waals surface area contributed by atoms with Gasteiger partial charge >= 0.3 is 0 Å². The number of nitrogens with zero attached hydrogens (tertiary/aromatic N) is 2. The van der Waals surface area contributed by atoms with Crippen LogP contribution in [-0.2, 0) is 20.2 Å². The van der Waals surface area contributed by atoms with Gasteiger partial charge in [-0.15, -0.1) is 0 Å². The third-order valence-corrected chi connectivity index (χ3v) is 6.61. The van der Waals surface area contributed by atoms with E-state index in [4.69, 9.17) is 0 Å². The number of hydrogen-bond acceptors (Lipinski definition) is 3. The summed E-state index contributed by atoms with van der Waals surface area (Å²) in [6.07, 6.45) is 2.43. The fourth-order valence-corrected chi connectivity index (χ4v) is 4.36. The first-order chi connectivity index (χ1) is 11.7. The first-order valence-corrected chi connectivity index (χ1v) is 10.5. The summed E-state index contributed by atoms with van der Waals surface area (Å²) >= 11 is 0. The second-order valence-corrected chi connectivity index (χ2v) is 9.60. The quantitative estimate of drug-likeness (QED) is 0.805. The molecule has 1 aliphatic heterocycles. The van der Waals surface area contributed by atoms with Crippen LogP contribution in [0.15, 0.2) is 29.2 Å². The zero-order valence-corrected chi connectivity index (χ0v) is 16.6. The zero-order valence-electron chi connectivity index (χ0n) is 15.8. The van der Waals surface area contributed by atoms with Crippen molar-refractivity contribution in [3.63, 3.8) is 0 Å². The van der Waals surface area contributed by atoms with Crippen LogP contribution in [0.2, 0.25) is 0 Å². The van der Waals surface area contributed by atoms with Crippen molar-refractivity contribution in [2.24, 2.45) is 0 Å². The fraction of sp³-hybridized carbons (Fsp3) is 0.632. The molecule has 1 saturated heterocycles. The Kier molecular flexibility index (Phi) is 6.27. The molecule has 0 unspecified atom stereocenters. The molecule has 5 nitrogen and oxygen atoms in total. The highest BCUT2D eigenvalue weighted by atomic mass is 32.2. The van der Waals surface area contributed by atoms with Gasteiger partial charge in [-0.1, -0.05) is 46.2 Å². The molecule has 2 rings (SSSR count). The van der Waals surface area contributed by atoms with Crippen molar-refractivity contribution in [2.45, 2.75) is 57.3 Å². The van der Waals surface area contributed by atoms with Crippen LogP contribution in [0.4, 0.5) is 0 Å². The lowest BCUT2D eigenvalue weighted by molar-refractivity contribution is -0.132. The Bertz CT molecular complexity index is 682. The second kappa shape index (κ2) is 7.87. The summed E-state index contributed by atoms with van der Waals surface area (Å²) in [6, 6.07) is 7.15. The Balaban J connectivity index is 2.03. The smallest absolute Gasteiger partial charge is 0.243 e. The Hall–Kier alpha value is -1.40. The largest absolute Gasteiger partial charge is 0.340 e. The fourth-order valence-electron chi connectivity index (χ4n) is 2.94. The number of unbranched alkanes of at least 4 members (excludes halogenated alkanes) is 1. The molecule has 1 aromatic carbocycles. The molecule has 0 saturated carbocycles. The number of piperazine rings is 1. The maximum Gasteiger partial charge on any atom is 0.243 e. The van der Waals surface area contributed by atoms with Gasteiger partial charge in [-0.25, -0.2) is 8.42 Å². The molecule has 140 valence electrons. The molecule has 25 heavy (non-hydrogen) atoms. The lowest BCUT2D eigenvalue weighted by Crippen LogP contribution is -2.50. The van der Waals surface area contributed by atoms with Gasteiger partial charge in [0.05, 0.1) is 4.90 Å². The molecule has 1 aromatic rings. The van der Waals surface area contributed by atoms with Crippen molar-refractivity contribution in [2.75, 3.05) is 26.2 Å². The van der Waals surface area contributed by atoms with Gasteiger partial charge in [0.25, 0.3) is 0 Å². The first-order valence-electron chi connectivity index (χ1n) is 9.04. The van der Waals surface area contributed by atoms with Crippen molar-refractivity contribution in [1.82, 2.24) is 9.21 Å². The third-order valence-electron chi connectivity index (χ3n) is 4.69. The van der Waals surface area contributed by atoms with Crippen LogP contribution in [0.25, 0.3) is 0 Å². The van der Waals surface area contributed by atoms with Crippen LogP contribution in [0.3, 0.4) is 0 Å². The van der Waals surface area contributed by atoms with E-state index in [0.717, 1.165) is 18.4 Å². The molecular formula is C19H30N2O3S. The van der Waals surface area contributed by atoms with E-state index in [2.05, 4.69) is 27.7 Å². The highest BCUT2D eigenvalue weighted by Crippen LogP contribution is 2.25. The molecule has 1 fully saturated rings. The SMILES string of the molecule is CCCCC(=O)N1CCN(S(=O)(=O)c2ccc(C(C)(C)C)cc2)CC1. The Morgan fingerprint density at radius 1 is 1.04 bits per heavy atom. The van der Waals surface area contributed by atoms with E-state index in [1.165, 1.54) is 4.31 Å². The van der Waals surface area contributed by atoms with Crippen molar-refractivity contribution in [1.29, 1.82) is 0 Å². The van der Waals surface area contributed by atoms with E-state index in [-0.39, 0.29) is 11.3 Å². The van der Waals surface area contributed by atoms with Gasteiger partial charge in [-0.05, 0) is 29.5 Å². The van der Waals surface area contributed by atoms with Crippen molar-refractivity contribution < 1.29 is 13.2 Å². The molecule has 0 atom stereocenters.